The molecule has 2 saturated heterocycles. The van der Waals surface area contributed by atoms with Crippen molar-refractivity contribution < 1.29 is 14.3 Å². The molecular weight excluding hydrogens is 392 g/mol. The van der Waals surface area contributed by atoms with E-state index in [1.54, 1.807) is 10.9 Å². The third kappa shape index (κ3) is 5.15. The number of ether oxygens (including phenoxy) is 1. The second kappa shape index (κ2) is 9.22. The van der Waals surface area contributed by atoms with Crippen molar-refractivity contribution in [2.45, 2.75) is 57.7 Å². The second-order valence-electron chi connectivity index (χ2n) is 9.15. The van der Waals surface area contributed by atoms with Gasteiger partial charge < -0.3 is 15.0 Å². The summed E-state index contributed by atoms with van der Waals surface area (Å²) in [6.45, 7) is 6.20. The van der Waals surface area contributed by atoms with Crippen molar-refractivity contribution in [1.29, 1.82) is 0 Å². The van der Waals surface area contributed by atoms with E-state index in [1.165, 1.54) is 0 Å². The van der Waals surface area contributed by atoms with Crippen molar-refractivity contribution in [3.8, 4) is 5.69 Å². The topological polar surface area (TPSA) is 76.5 Å². The maximum Gasteiger partial charge on any atom is 0.251 e. The van der Waals surface area contributed by atoms with Gasteiger partial charge in [0.1, 0.15) is 0 Å². The normalized spacial score (nSPS) is 20.4. The fourth-order valence-corrected chi connectivity index (χ4v) is 4.57. The fraction of sp³-hybridized carbons (Fsp3) is 0.542. The number of carbonyl (C=O) groups is 2. The van der Waals surface area contributed by atoms with Crippen LogP contribution in [-0.4, -0.2) is 57.8 Å². The largest absolute Gasteiger partial charge is 0.370 e. The van der Waals surface area contributed by atoms with Crippen molar-refractivity contribution in [2.75, 3.05) is 19.6 Å². The van der Waals surface area contributed by atoms with Crippen molar-refractivity contribution in [2.24, 2.45) is 5.92 Å². The molecule has 1 spiro atoms. The van der Waals surface area contributed by atoms with Gasteiger partial charge in [-0.05, 0) is 55.9 Å². The van der Waals surface area contributed by atoms with Gasteiger partial charge in [-0.3, -0.25) is 9.59 Å². The molecule has 2 aliphatic rings. The van der Waals surface area contributed by atoms with E-state index in [2.05, 4.69) is 24.3 Å². The Bertz CT molecular complexity index is 901. The predicted octanol–water partition coefficient (Wildman–Crippen LogP) is 3.19. The minimum absolute atomic E-state index is 0.0242. The van der Waals surface area contributed by atoms with Crippen molar-refractivity contribution >= 4 is 11.8 Å². The minimum Gasteiger partial charge on any atom is -0.370 e. The van der Waals surface area contributed by atoms with Gasteiger partial charge in [0.05, 0.1) is 17.4 Å². The van der Waals surface area contributed by atoms with Crippen molar-refractivity contribution in [3.05, 3.63) is 48.3 Å². The summed E-state index contributed by atoms with van der Waals surface area (Å²) in [5.41, 5.74) is 1.33. The highest BCUT2D eigenvalue weighted by molar-refractivity contribution is 5.94. The molecule has 0 saturated carbocycles. The Morgan fingerprint density at radius 2 is 2.03 bits per heavy atom. The van der Waals surface area contributed by atoms with Crippen LogP contribution in [0.5, 0.6) is 0 Å². The van der Waals surface area contributed by atoms with Crippen LogP contribution in [0.2, 0.25) is 0 Å². The summed E-state index contributed by atoms with van der Waals surface area (Å²) in [5.74, 6) is 0.538. The molecule has 7 nitrogen and oxygen atoms in total. The first-order valence-electron chi connectivity index (χ1n) is 11.3. The molecule has 0 radical (unpaired) electrons. The number of nitrogens with one attached hydrogen (secondary N) is 1. The first-order chi connectivity index (χ1) is 14.9. The monoisotopic (exact) mass is 424 g/mol. The third-order valence-corrected chi connectivity index (χ3v) is 6.32. The molecule has 166 valence electrons. The predicted molar refractivity (Wildman–Crippen MR) is 118 cm³/mol. The molecule has 1 aromatic heterocycles. The zero-order valence-electron chi connectivity index (χ0n) is 18.4. The Morgan fingerprint density at radius 1 is 1.23 bits per heavy atom. The molecule has 1 atom stereocenters. The highest BCUT2D eigenvalue weighted by Gasteiger charge is 2.43. The van der Waals surface area contributed by atoms with Gasteiger partial charge >= 0.3 is 0 Å². The van der Waals surface area contributed by atoms with E-state index in [4.69, 9.17) is 4.74 Å². The summed E-state index contributed by atoms with van der Waals surface area (Å²) >= 11 is 0. The zero-order valence-corrected chi connectivity index (χ0v) is 18.4. The Kier molecular flexibility index (Phi) is 6.41. The van der Waals surface area contributed by atoms with E-state index in [-0.39, 0.29) is 23.5 Å². The van der Waals surface area contributed by atoms with Crippen LogP contribution in [0.25, 0.3) is 5.69 Å². The van der Waals surface area contributed by atoms with Crippen LogP contribution in [0.4, 0.5) is 0 Å². The van der Waals surface area contributed by atoms with Crippen LogP contribution < -0.4 is 5.32 Å². The summed E-state index contributed by atoms with van der Waals surface area (Å²) in [7, 11) is 0. The SMILES string of the molecule is CC(C)CC(=O)N1CCC2(CCC(CNC(=O)c3cccc(-n4cccn4)c3)O2)CC1. The summed E-state index contributed by atoms with van der Waals surface area (Å²) in [4.78, 5) is 27.0. The van der Waals surface area contributed by atoms with Crippen molar-refractivity contribution in [1.82, 2.24) is 20.0 Å². The summed E-state index contributed by atoms with van der Waals surface area (Å²) < 4.78 is 8.14. The number of piperidine rings is 1. The number of hydrogen-bond acceptors (Lipinski definition) is 4. The molecule has 2 aliphatic heterocycles. The first-order valence-corrected chi connectivity index (χ1v) is 11.3. The van der Waals surface area contributed by atoms with Gasteiger partial charge in [0.2, 0.25) is 5.91 Å². The summed E-state index contributed by atoms with van der Waals surface area (Å²) in [6.07, 6.45) is 7.90. The number of carbonyl (C=O) groups excluding carboxylic acids is 2. The summed E-state index contributed by atoms with van der Waals surface area (Å²) in [6, 6.07) is 9.28. The van der Waals surface area contributed by atoms with Gasteiger partial charge in [0.25, 0.3) is 5.91 Å². The lowest BCUT2D eigenvalue weighted by Gasteiger charge is -2.39. The maximum absolute atomic E-state index is 12.7. The molecule has 31 heavy (non-hydrogen) atoms. The molecule has 2 amide bonds. The van der Waals surface area contributed by atoms with Gasteiger partial charge in [0, 0.05) is 44.0 Å². The highest BCUT2D eigenvalue weighted by atomic mass is 16.5. The molecule has 1 unspecified atom stereocenters. The number of aromatic nitrogens is 2. The lowest BCUT2D eigenvalue weighted by molar-refractivity contribution is -0.138. The number of nitrogens with zero attached hydrogens (tertiary/aromatic N) is 3. The zero-order chi connectivity index (χ0) is 21.8. The molecule has 0 aliphatic carbocycles. The van der Waals surface area contributed by atoms with Gasteiger partial charge in [-0.15, -0.1) is 0 Å². The average Bonchev–Trinajstić information content (AvgIpc) is 3.43. The number of amides is 2. The smallest absolute Gasteiger partial charge is 0.251 e. The maximum atomic E-state index is 12.7. The Balaban J connectivity index is 1.26. The lowest BCUT2D eigenvalue weighted by Crippen LogP contribution is -2.47. The minimum atomic E-state index is -0.135. The van der Waals surface area contributed by atoms with E-state index in [9.17, 15) is 9.59 Å². The van der Waals surface area contributed by atoms with Crippen LogP contribution in [0.3, 0.4) is 0 Å². The fourth-order valence-electron chi connectivity index (χ4n) is 4.57. The van der Waals surface area contributed by atoms with Crippen LogP contribution in [0.15, 0.2) is 42.7 Å². The number of rotatable bonds is 6. The molecule has 7 heteroatoms. The number of hydrogen-bond donors (Lipinski definition) is 1. The van der Waals surface area contributed by atoms with E-state index >= 15 is 0 Å². The molecule has 0 bridgehead atoms. The molecule has 1 aromatic carbocycles. The Morgan fingerprint density at radius 3 is 2.74 bits per heavy atom. The molecule has 1 N–H and O–H groups in total. The Hall–Kier alpha value is -2.67. The van der Waals surface area contributed by atoms with Crippen LogP contribution >= 0.6 is 0 Å². The Labute approximate surface area is 183 Å². The summed E-state index contributed by atoms with van der Waals surface area (Å²) in [5, 5.41) is 7.24. The molecule has 4 rings (SSSR count). The van der Waals surface area contributed by atoms with Crippen LogP contribution in [-0.2, 0) is 9.53 Å². The van der Waals surface area contributed by atoms with E-state index in [0.717, 1.165) is 44.5 Å². The highest BCUT2D eigenvalue weighted by Crippen LogP contribution is 2.39. The quantitative estimate of drug-likeness (QED) is 0.773. The molecule has 2 aromatic rings. The van der Waals surface area contributed by atoms with E-state index in [1.807, 2.05) is 41.4 Å². The van der Waals surface area contributed by atoms with E-state index in [0.29, 0.717) is 24.4 Å². The van der Waals surface area contributed by atoms with Crippen molar-refractivity contribution in [3.63, 3.8) is 0 Å². The van der Waals surface area contributed by atoms with Crippen LogP contribution in [0.1, 0.15) is 56.3 Å². The average molecular weight is 425 g/mol. The van der Waals surface area contributed by atoms with Gasteiger partial charge in [-0.1, -0.05) is 19.9 Å². The van der Waals surface area contributed by atoms with Crippen LogP contribution in [0, 0.1) is 5.92 Å². The third-order valence-electron chi connectivity index (χ3n) is 6.32. The second-order valence-corrected chi connectivity index (χ2v) is 9.15. The van der Waals surface area contributed by atoms with Gasteiger partial charge in [0.15, 0.2) is 0 Å². The van der Waals surface area contributed by atoms with Gasteiger partial charge in [-0.2, -0.15) is 5.10 Å². The first kappa shape index (κ1) is 21.6. The molecule has 2 fully saturated rings. The lowest BCUT2D eigenvalue weighted by atomic mass is 9.88. The van der Waals surface area contributed by atoms with E-state index < -0.39 is 0 Å². The molecule has 3 heterocycles. The number of likely N-dealkylation sites (tertiary alicyclic amines) is 1. The van der Waals surface area contributed by atoms with Gasteiger partial charge in [-0.25, -0.2) is 4.68 Å². The standard InChI is InChI=1S/C24H32N4O3/c1-18(2)15-22(29)27-13-9-24(10-14-27)8-7-21(31-24)17-25-23(30)19-5-3-6-20(16-19)28-12-4-11-26-28/h3-6,11-12,16,18,21H,7-10,13-15,17H2,1-2H3,(H,25,30). The number of benzene rings is 1. The molecular formula is C24H32N4O3.